The molecule has 1 aliphatic rings. The first kappa shape index (κ1) is 16.3. The number of nitrogens with one attached hydrogen (secondary N) is 1. The lowest BCUT2D eigenvalue weighted by Gasteiger charge is -2.20. The Labute approximate surface area is 129 Å². The summed E-state index contributed by atoms with van der Waals surface area (Å²) in [6, 6.07) is 8.85. The number of rotatable bonds is 10. The summed E-state index contributed by atoms with van der Waals surface area (Å²) >= 11 is 0. The van der Waals surface area contributed by atoms with Gasteiger partial charge in [0.1, 0.15) is 5.75 Å². The lowest BCUT2D eigenvalue weighted by molar-refractivity contribution is 0.170. The van der Waals surface area contributed by atoms with Gasteiger partial charge in [0.2, 0.25) is 0 Å². The molecular weight excluding hydrogens is 262 g/mol. The maximum atomic E-state index is 5.62. The fourth-order valence-corrected chi connectivity index (χ4v) is 2.57. The van der Waals surface area contributed by atoms with E-state index in [1.54, 1.807) is 7.11 Å². The first-order valence-corrected chi connectivity index (χ1v) is 8.14. The van der Waals surface area contributed by atoms with E-state index in [0.717, 1.165) is 31.9 Å². The van der Waals surface area contributed by atoms with Crippen LogP contribution in [0.1, 0.15) is 51.1 Å². The van der Waals surface area contributed by atoms with Crippen LogP contribution in [-0.4, -0.2) is 26.9 Å². The van der Waals surface area contributed by atoms with Crippen molar-refractivity contribution < 1.29 is 9.47 Å². The van der Waals surface area contributed by atoms with Crippen molar-refractivity contribution in [1.29, 1.82) is 0 Å². The standard InChI is InChI=1S/C18H29NO2/c1-4-12-21-17-7-5-16(6-8-17)15(2)19-14-18(9-10-18)11-13-20-3/h5-8,15,19H,4,9-14H2,1-3H3. The molecule has 0 saturated heterocycles. The minimum atomic E-state index is 0.380. The van der Waals surface area contributed by atoms with Crippen LogP contribution in [0.4, 0.5) is 0 Å². The van der Waals surface area contributed by atoms with E-state index < -0.39 is 0 Å². The normalized spacial score (nSPS) is 17.5. The molecule has 1 fully saturated rings. The van der Waals surface area contributed by atoms with Gasteiger partial charge in [-0.1, -0.05) is 19.1 Å². The zero-order chi connectivity index (χ0) is 15.1. The smallest absolute Gasteiger partial charge is 0.119 e. The second kappa shape index (κ2) is 7.81. The molecule has 0 aliphatic heterocycles. The molecule has 1 N–H and O–H groups in total. The van der Waals surface area contributed by atoms with E-state index >= 15 is 0 Å². The molecule has 0 aromatic heterocycles. The van der Waals surface area contributed by atoms with Crippen LogP contribution in [0.2, 0.25) is 0 Å². The number of hydrogen-bond donors (Lipinski definition) is 1. The Balaban J connectivity index is 1.79. The molecule has 0 spiro atoms. The van der Waals surface area contributed by atoms with Gasteiger partial charge in [-0.2, -0.15) is 0 Å². The Morgan fingerprint density at radius 2 is 1.90 bits per heavy atom. The lowest BCUT2D eigenvalue weighted by atomic mass is 10.0. The van der Waals surface area contributed by atoms with Crippen LogP contribution in [0, 0.1) is 5.41 Å². The van der Waals surface area contributed by atoms with Gasteiger partial charge in [0, 0.05) is 26.3 Å². The van der Waals surface area contributed by atoms with E-state index in [9.17, 15) is 0 Å². The van der Waals surface area contributed by atoms with Crippen molar-refractivity contribution in [3.05, 3.63) is 29.8 Å². The number of benzene rings is 1. The molecule has 0 heterocycles. The molecular formula is C18H29NO2. The lowest BCUT2D eigenvalue weighted by Crippen LogP contribution is -2.27. The zero-order valence-corrected chi connectivity index (χ0v) is 13.7. The van der Waals surface area contributed by atoms with E-state index in [2.05, 4.69) is 43.4 Å². The molecule has 2 rings (SSSR count). The van der Waals surface area contributed by atoms with Gasteiger partial charge in [0.25, 0.3) is 0 Å². The molecule has 21 heavy (non-hydrogen) atoms. The van der Waals surface area contributed by atoms with Crippen molar-refractivity contribution >= 4 is 0 Å². The van der Waals surface area contributed by atoms with Gasteiger partial charge in [-0.05, 0) is 55.7 Å². The summed E-state index contributed by atoms with van der Waals surface area (Å²) in [6.45, 7) is 7.10. The van der Waals surface area contributed by atoms with Crippen molar-refractivity contribution in [2.45, 2.75) is 45.6 Å². The van der Waals surface area contributed by atoms with Crippen LogP contribution in [0.15, 0.2) is 24.3 Å². The van der Waals surface area contributed by atoms with E-state index in [0.29, 0.717) is 11.5 Å². The van der Waals surface area contributed by atoms with Crippen LogP contribution >= 0.6 is 0 Å². The molecule has 1 atom stereocenters. The van der Waals surface area contributed by atoms with Crippen molar-refractivity contribution in [2.24, 2.45) is 5.41 Å². The highest BCUT2D eigenvalue weighted by atomic mass is 16.5. The molecule has 0 amide bonds. The highest BCUT2D eigenvalue weighted by Crippen LogP contribution is 2.48. The Kier molecular flexibility index (Phi) is 6.07. The SMILES string of the molecule is CCCOc1ccc(C(C)NCC2(CCOC)CC2)cc1. The van der Waals surface area contributed by atoms with Crippen molar-refractivity contribution in [3.63, 3.8) is 0 Å². The van der Waals surface area contributed by atoms with Crippen molar-refractivity contribution in [3.8, 4) is 5.75 Å². The van der Waals surface area contributed by atoms with Crippen molar-refractivity contribution in [1.82, 2.24) is 5.32 Å². The van der Waals surface area contributed by atoms with Crippen LogP contribution in [-0.2, 0) is 4.74 Å². The third-order valence-electron chi connectivity index (χ3n) is 4.43. The molecule has 118 valence electrons. The number of ether oxygens (including phenoxy) is 2. The van der Waals surface area contributed by atoms with Gasteiger partial charge < -0.3 is 14.8 Å². The molecule has 0 radical (unpaired) electrons. The maximum Gasteiger partial charge on any atom is 0.119 e. The van der Waals surface area contributed by atoms with E-state index in [1.165, 1.54) is 24.8 Å². The predicted molar refractivity (Wildman–Crippen MR) is 86.8 cm³/mol. The molecule has 1 aromatic rings. The molecule has 1 aliphatic carbocycles. The summed E-state index contributed by atoms with van der Waals surface area (Å²) in [5.74, 6) is 0.964. The fourth-order valence-electron chi connectivity index (χ4n) is 2.57. The first-order chi connectivity index (χ1) is 10.2. The van der Waals surface area contributed by atoms with Crippen LogP contribution in [0.3, 0.4) is 0 Å². The largest absolute Gasteiger partial charge is 0.494 e. The Bertz CT molecular complexity index is 412. The van der Waals surface area contributed by atoms with E-state index in [1.807, 2.05) is 0 Å². The Hall–Kier alpha value is -1.06. The summed E-state index contributed by atoms with van der Waals surface area (Å²) in [6.07, 6.45) is 4.88. The molecule has 1 saturated carbocycles. The fraction of sp³-hybridized carbons (Fsp3) is 0.667. The van der Waals surface area contributed by atoms with E-state index in [-0.39, 0.29) is 0 Å². The summed E-state index contributed by atoms with van der Waals surface area (Å²) < 4.78 is 10.8. The highest BCUT2D eigenvalue weighted by molar-refractivity contribution is 5.29. The minimum absolute atomic E-state index is 0.380. The topological polar surface area (TPSA) is 30.5 Å². The monoisotopic (exact) mass is 291 g/mol. The maximum absolute atomic E-state index is 5.62. The quantitative estimate of drug-likeness (QED) is 0.708. The van der Waals surface area contributed by atoms with Gasteiger partial charge in [-0.25, -0.2) is 0 Å². The van der Waals surface area contributed by atoms with Gasteiger partial charge in [-0.3, -0.25) is 0 Å². The Morgan fingerprint density at radius 3 is 2.48 bits per heavy atom. The van der Waals surface area contributed by atoms with Gasteiger partial charge in [0.15, 0.2) is 0 Å². The molecule has 1 unspecified atom stereocenters. The molecule has 3 heteroatoms. The average Bonchev–Trinajstić information content (AvgIpc) is 3.29. The average molecular weight is 291 g/mol. The number of hydrogen-bond acceptors (Lipinski definition) is 3. The van der Waals surface area contributed by atoms with Crippen LogP contribution < -0.4 is 10.1 Å². The highest BCUT2D eigenvalue weighted by Gasteiger charge is 2.41. The third kappa shape index (κ3) is 5.01. The summed E-state index contributed by atoms with van der Waals surface area (Å²) in [4.78, 5) is 0. The minimum Gasteiger partial charge on any atom is -0.494 e. The molecule has 3 nitrogen and oxygen atoms in total. The second-order valence-electron chi connectivity index (χ2n) is 6.26. The molecule has 0 bridgehead atoms. The summed E-state index contributed by atoms with van der Waals surface area (Å²) in [5, 5.41) is 3.68. The third-order valence-corrected chi connectivity index (χ3v) is 4.43. The van der Waals surface area contributed by atoms with Gasteiger partial charge >= 0.3 is 0 Å². The van der Waals surface area contributed by atoms with Gasteiger partial charge in [0.05, 0.1) is 6.61 Å². The van der Waals surface area contributed by atoms with Crippen molar-refractivity contribution in [2.75, 3.05) is 26.9 Å². The van der Waals surface area contributed by atoms with Crippen LogP contribution in [0.25, 0.3) is 0 Å². The summed E-state index contributed by atoms with van der Waals surface area (Å²) in [5.41, 5.74) is 1.82. The zero-order valence-electron chi connectivity index (χ0n) is 13.7. The predicted octanol–water partition coefficient (Wildman–Crippen LogP) is 3.94. The van der Waals surface area contributed by atoms with Crippen LogP contribution in [0.5, 0.6) is 5.75 Å². The Morgan fingerprint density at radius 1 is 1.19 bits per heavy atom. The first-order valence-electron chi connectivity index (χ1n) is 8.14. The van der Waals surface area contributed by atoms with Gasteiger partial charge in [-0.15, -0.1) is 0 Å². The summed E-state index contributed by atoms with van der Waals surface area (Å²) in [7, 11) is 1.79. The van der Waals surface area contributed by atoms with E-state index in [4.69, 9.17) is 9.47 Å². The molecule has 1 aromatic carbocycles. The second-order valence-corrected chi connectivity index (χ2v) is 6.26. The number of methoxy groups -OCH3 is 1.